The van der Waals surface area contributed by atoms with Crippen molar-refractivity contribution >= 4 is 44.1 Å². The number of hydrogen-bond donors (Lipinski definition) is 1. The lowest BCUT2D eigenvalue weighted by molar-refractivity contribution is -0.132. The molecule has 198 valence electrons. The van der Waals surface area contributed by atoms with Crippen LogP contribution in [0, 0.1) is 5.82 Å². The third-order valence-corrected chi connectivity index (χ3v) is 7.82. The van der Waals surface area contributed by atoms with Crippen LogP contribution in [0.5, 0.6) is 11.5 Å². The van der Waals surface area contributed by atoms with Crippen molar-refractivity contribution in [3.8, 4) is 11.5 Å². The number of ether oxygens (including phenoxy) is 2. The SMILES string of the molecule is CCCOc1cccc([C@@H]2C(=C(O)c3ccc4c(c3)C[C@@H](C)O4)C(=O)C(=O)N2c2nc3ccc(F)cc3s2)c1. The molecule has 0 saturated carbocycles. The van der Waals surface area contributed by atoms with E-state index in [1.165, 1.54) is 23.1 Å². The number of carbonyl (C=O) groups excluding carboxylic acids is 2. The van der Waals surface area contributed by atoms with Crippen molar-refractivity contribution in [3.05, 3.63) is 88.7 Å². The standard InChI is InChI=1S/C30H25FN2O5S/c1-3-11-37-21-6-4-5-17(14-21)26-25(27(34)18-7-10-23-19(13-18)12-16(2)38-23)28(35)29(36)33(26)30-32-22-9-8-20(31)15-24(22)39-30/h4-10,13-16,26,34H,3,11-12H2,1-2H3/t16-,26-/m1/s1. The zero-order valence-corrected chi connectivity index (χ0v) is 22.1. The van der Waals surface area contributed by atoms with Gasteiger partial charge in [0.05, 0.1) is 28.4 Å². The van der Waals surface area contributed by atoms with Gasteiger partial charge in [0.2, 0.25) is 0 Å². The molecule has 6 rings (SSSR count). The second kappa shape index (κ2) is 9.81. The van der Waals surface area contributed by atoms with E-state index in [-0.39, 0.29) is 22.6 Å². The molecule has 2 aliphatic heterocycles. The lowest BCUT2D eigenvalue weighted by Crippen LogP contribution is -2.29. The van der Waals surface area contributed by atoms with E-state index in [1.54, 1.807) is 42.5 Å². The topological polar surface area (TPSA) is 89.0 Å². The summed E-state index contributed by atoms with van der Waals surface area (Å²) in [6.45, 7) is 4.46. The Balaban J connectivity index is 1.52. The monoisotopic (exact) mass is 544 g/mol. The van der Waals surface area contributed by atoms with Crippen LogP contribution in [0.4, 0.5) is 9.52 Å². The van der Waals surface area contributed by atoms with Crippen molar-refractivity contribution in [2.24, 2.45) is 0 Å². The Labute approximate surface area is 228 Å². The number of fused-ring (bicyclic) bond motifs is 2. The summed E-state index contributed by atoms with van der Waals surface area (Å²) in [5.74, 6) is -1.04. The molecule has 1 fully saturated rings. The smallest absolute Gasteiger partial charge is 0.301 e. The van der Waals surface area contributed by atoms with Crippen LogP contribution in [-0.4, -0.2) is 34.5 Å². The summed E-state index contributed by atoms with van der Waals surface area (Å²) in [6, 6.07) is 15.6. The summed E-state index contributed by atoms with van der Waals surface area (Å²) in [7, 11) is 0. The molecule has 1 saturated heterocycles. The number of aromatic nitrogens is 1. The third-order valence-electron chi connectivity index (χ3n) is 6.81. The number of aliphatic hydroxyl groups is 1. The van der Waals surface area contributed by atoms with Crippen LogP contribution in [0.15, 0.2) is 66.2 Å². The van der Waals surface area contributed by atoms with E-state index < -0.39 is 23.5 Å². The largest absolute Gasteiger partial charge is 0.507 e. The Morgan fingerprint density at radius 3 is 2.85 bits per heavy atom. The van der Waals surface area contributed by atoms with Crippen molar-refractivity contribution in [2.45, 2.75) is 38.8 Å². The summed E-state index contributed by atoms with van der Waals surface area (Å²) < 4.78 is 26.0. The highest BCUT2D eigenvalue weighted by atomic mass is 32.1. The number of benzene rings is 3. The molecule has 1 N–H and O–H groups in total. The Bertz CT molecular complexity index is 1660. The van der Waals surface area contributed by atoms with Gasteiger partial charge in [-0.25, -0.2) is 9.37 Å². The number of hydrogen-bond acceptors (Lipinski definition) is 7. The maximum Gasteiger partial charge on any atom is 0.301 e. The normalized spacial score (nSPS) is 19.9. The van der Waals surface area contributed by atoms with E-state index in [2.05, 4.69) is 4.98 Å². The first kappa shape index (κ1) is 25.1. The van der Waals surface area contributed by atoms with Crippen LogP contribution in [0.25, 0.3) is 16.0 Å². The molecule has 0 unspecified atom stereocenters. The molecule has 2 atom stereocenters. The molecule has 39 heavy (non-hydrogen) atoms. The first-order valence-corrected chi connectivity index (χ1v) is 13.6. The number of carbonyl (C=O) groups is 2. The Hall–Kier alpha value is -4.24. The molecule has 0 aliphatic carbocycles. The van der Waals surface area contributed by atoms with Crippen LogP contribution < -0.4 is 14.4 Å². The maximum absolute atomic E-state index is 13.9. The predicted molar refractivity (Wildman–Crippen MR) is 147 cm³/mol. The van der Waals surface area contributed by atoms with Crippen LogP contribution in [0.2, 0.25) is 0 Å². The minimum Gasteiger partial charge on any atom is -0.507 e. The molecule has 9 heteroatoms. The number of Topliss-reactive ketones (excluding diaryl/α,β-unsaturated/α-hetero) is 1. The van der Waals surface area contributed by atoms with Gasteiger partial charge in [0.15, 0.2) is 5.13 Å². The van der Waals surface area contributed by atoms with E-state index >= 15 is 0 Å². The van der Waals surface area contributed by atoms with Crippen molar-refractivity contribution in [2.75, 3.05) is 11.5 Å². The van der Waals surface area contributed by atoms with Gasteiger partial charge in [-0.05, 0) is 73.0 Å². The highest BCUT2D eigenvalue weighted by Crippen LogP contribution is 2.45. The fourth-order valence-corrected chi connectivity index (χ4v) is 6.07. The number of amides is 1. The number of rotatable bonds is 6. The summed E-state index contributed by atoms with van der Waals surface area (Å²) >= 11 is 1.11. The van der Waals surface area contributed by atoms with Gasteiger partial charge in [-0.2, -0.15) is 0 Å². The summed E-state index contributed by atoms with van der Waals surface area (Å²) in [5, 5.41) is 11.8. The van der Waals surface area contributed by atoms with Crippen molar-refractivity contribution in [1.82, 2.24) is 4.98 Å². The Kier molecular flexibility index (Phi) is 6.31. The quantitative estimate of drug-likeness (QED) is 0.177. The highest BCUT2D eigenvalue weighted by Gasteiger charge is 2.48. The number of anilines is 1. The molecule has 1 amide bonds. The van der Waals surface area contributed by atoms with Crippen molar-refractivity contribution in [3.63, 3.8) is 0 Å². The second-order valence-electron chi connectivity index (χ2n) is 9.65. The Morgan fingerprint density at radius 1 is 1.18 bits per heavy atom. The van der Waals surface area contributed by atoms with Crippen molar-refractivity contribution in [1.29, 1.82) is 0 Å². The zero-order chi connectivity index (χ0) is 27.3. The lowest BCUT2D eigenvalue weighted by atomic mass is 9.94. The molecule has 0 spiro atoms. The van der Waals surface area contributed by atoms with E-state index in [0.717, 1.165) is 29.1 Å². The molecule has 7 nitrogen and oxygen atoms in total. The van der Waals surface area contributed by atoms with Gasteiger partial charge in [0, 0.05) is 12.0 Å². The average Bonchev–Trinajstić information content (AvgIpc) is 3.59. The summed E-state index contributed by atoms with van der Waals surface area (Å²) in [5.41, 5.74) is 2.36. The maximum atomic E-state index is 13.9. The van der Waals surface area contributed by atoms with Gasteiger partial charge in [-0.3, -0.25) is 14.5 Å². The van der Waals surface area contributed by atoms with Gasteiger partial charge in [-0.15, -0.1) is 0 Å². The van der Waals surface area contributed by atoms with Gasteiger partial charge >= 0.3 is 5.91 Å². The lowest BCUT2D eigenvalue weighted by Gasteiger charge is -2.23. The third kappa shape index (κ3) is 4.42. The fourth-order valence-electron chi connectivity index (χ4n) is 5.05. The molecule has 0 bridgehead atoms. The zero-order valence-electron chi connectivity index (χ0n) is 21.3. The van der Waals surface area contributed by atoms with Gasteiger partial charge in [0.25, 0.3) is 5.78 Å². The fraction of sp³-hybridized carbons (Fsp3) is 0.233. The average molecular weight is 545 g/mol. The highest BCUT2D eigenvalue weighted by molar-refractivity contribution is 7.22. The van der Waals surface area contributed by atoms with Gasteiger partial charge in [-0.1, -0.05) is 30.4 Å². The van der Waals surface area contributed by atoms with E-state index in [0.29, 0.717) is 40.1 Å². The number of aliphatic hydroxyl groups excluding tert-OH is 1. The van der Waals surface area contributed by atoms with Crippen LogP contribution in [0.3, 0.4) is 0 Å². The summed E-state index contributed by atoms with van der Waals surface area (Å²) in [4.78, 5) is 32.9. The van der Waals surface area contributed by atoms with E-state index in [9.17, 15) is 19.1 Å². The predicted octanol–water partition coefficient (Wildman–Crippen LogP) is 6.17. The molecule has 0 radical (unpaired) electrons. The minimum absolute atomic E-state index is 0.0118. The van der Waals surface area contributed by atoms with E-state index in [1.807, 2.05) is 13.8 Å². The number of thiazole rings is 1. The number of nitrogens with zero attached hydrogens (tertiary/aromatic N) is 2. The van der Waals surface area contributed by atoms with Crippen molar-refractivity contribution < 1.29 is 28.6 Å². The molecule has 3 aromatic carbocycles. The number of halogens is 1. The Morgan fingerprint density at radius 2 is 2.03 bits per heavy atom. The number of ketones is 1. The second-order valence-corrected chi connectivity index (χ2v) is 10.7. The van der Waals surface area contributed by atoms with Crippen LogP contribution in [0.1, 0.15) is 43.0 Å². The van der Waals surface area contributed by atoms with Gasteiger partial charge < -0.3 is 14.6 Å². The minimum atomic E-state index is -0.969. The molecule has 3 heterocycles. The van der Waals surface area contributed by atoms with Crippen LogP contribution in [-0.2, 0) is 16.0 Å². The molecular weight excluding hydrogens is 519 g/mol. The first-order chi connectivity index (χ1) is 18.8. The van der Waals surface area contributed by atoms with E-state index in [4.69, 9.17) is 9.47 Å². The van der Waals surface area contributed by atoms with Crippen LogP contribution >= 0.6 is 11.3 Å². The molecule has 1 aromatic heterocycles. The molecule has 4 aromatic rings. The molecule has 2 aliphatic rings. The van der Waals surface area contributed by atoms with Gasteiger partial charge in [0.1, 0.15) is 29.2 Å². The summed E-state index contributed by atoms with van der Waals surface area (Å²) in [6.07, 6.45) is 1.50. The molecular formula is C30H25FN2O5S. The first-order valence-electron chi connectivity index (χ1n) is 12.7.